The molecule has 1 N–H and O–H groups in total. The van der Waals surface area contributed by atoms with Crippen molar-refractivity contribution in [2.75, 3.05) is 11.5 Å². The van der Waals surface area contributed by atoms with E-state index < -0.39 is 10.8 Å². The van der Waals surface area contributed by atoms with Gasteiger partial charge in [0.1, 0.15) is 5.75 Å². The van der Waals surface area contributed by atoms with Crippen molar-refractivity contribution < 1.29 is 9.00 Å². The van der Waals surface area contributed by atoms with Crippen molar-refractivity contribution >= 4 is 28.0 Å². The summed E-state index contributed by atoms with van der Waals surface area (Å²) in [6.45, 7) is 6.76. The van der Waals surface area contributed by atoms with Crippen molar-refractivity contribution in [3.8, 4) is 0 Å². The van der Waals surface area contributed by atoms with Gasteiger partial charge in [0.25, 0.3) is 0 Å². The summed E-state index contributed by atoms with van der Waals surface area (Å²) >= 11 is 1.63. The van der Waals surface area contributed by atoms with Gasteiger partial charge < -0.3 is 5.32 Å². The first kappa shape index (κ1) is 15.4. The van der Waals surface area contributed by atoms with E-state index >= 15 is 0 Å². The van der Waals surface area contributed by atoms with Gasteiger partial charge in [-0.15, -0.1) is 11.3 Å². The Hall–Kier alpha value is -0.680. The highest BCUT2D eigenvalue weighted by atomic mass is 32.2. The minimum atomic E-state index is -1.03. The number of hydrogen-bond donors (Lipinski definition) is 1. The Kier molecular flexibility index (Phi) is 6.57. The van der Waals surface area contributed by atoms with Crippen LogP contribution in [0.1, 0.15) is 30.7 Å². The van der Waals surface area contributed by atoms with Crippen LogP contribution >= 0.6 is 11.3 Å². The van der Waals surface area contributed by atoms with Crippen LogP contribution in [0.4, 0.5) is 0 Å². The average Bonchev–Trinajstić information content (AvgIpc) is 2.69. The van der Waals surface area contributed by atoms with Gasteiger partial charge in [0.15, 0.2) is 0 Å². The first-order valence-electron chi connectivity index (χ1n) is 6.13. The number of hydrogen-bond acceptors (Lipinski definition) is 3. The maximum atomic E-state index is 11.6. The Morgan fingerprint density at radius 1 is 1.50 bits per heavy atom. The lowest BCUT2D eigenvalue weighted by Crippen LogP contribution is -2.28. The zero-order valence-electron chi connectivity index (χ0n) is 11.2. The van der Waals surface area contributed by atoms with Crippen LogP contribution in [0.15, 0.2) is 11.4 Å². The van der Waals surface area contributed by atoms with Crippen LogP contribution in [0.5, 0.6) is 0 Å². The van der Waals surface area contributed by atoms with E-state index in [0.29, 0.717) is 18.2 Å². The molecule has 0 aromatic carbocycles. The molecule has 0 aliphatic rings. The van der Waals surface area contributed by atoms with Gasteiger partial charge in [-0.25, -0.2) is 0 Å². The van der Waals surface area contributed by atoms with E-state index in [1.807, 2.05) is 18.4 Å². The van der Waals surface area contributed by atoms with Crippen LogP contribution in [-0.4, -0.2) is 21.6 Å². The molecule has 1 heterocycles. The van der Waals surface area contributed by atoms with Gasteiger partial charge >= 0.3 is 0 Å². The summed E-state index contributed by atoms with van der Waals surface area (Å²) in [5.74, 6) is 1.15. The predicted octanol–water partition coefficient (Wildman–Crippen LogP) is 2.47. The molecule has 0 radical (unpaired) electrons. The van der Waals surface area contributed by atoms with Crippen molar-refractivity contribution in [2.24, 2.45) is 5.92 Å². The highest BCUT2D eigenvalue weighted by molar-refractivity contribution is 7.85. The molecule has 0 bridgehead atoms. The Morgan fingerprint density at radius 2 is 2.22 bits per heavy atom. The third-order valence-electron chi connectivity index (χ3n) is 2.63. The van der Waals surface area contributed by atoms with Crippen molar-refractivity contribution in [3.05, 3.63) is 21.9 Å². The molecule has 3 nitrogen and oxygen atoms in total. The smallest absolute Gasteiger partial charge is 0.232 e. The van der Waals surface area contributed by atoms with Gasteiger partial charge in [0.2, 0.25) is 5.91 Å². The van der Waals surface area contributed by atoms with E-state index in [9.17, 15) is 9.00 Å². The largest absolute Gasteiger partial charge is 0.350 e. The van der Waals surface area contributed by atoms with Gasteiger partial charge in [-0.3, -0.25) is 9.00 Å². The standard InChI is InChI=1S/C13H21NO2S2/c1-10(2)5-7-18(16)9-13(15)14-8-12-11(3)4-6-17-12/h4,6,10H,5,7-9H2,1-3H3,(H,14,15)/t18-/m0/s1. The van der Waals surface area contributed by atoms with Gasteiger partial charge in [-0.05, 0) is 36.3 Å². The number of carbonyl (C=O) groups excluding carboxylic acids is 1. The fourth-order valence-corrected chi connectivity index (χ4v) is 3.52. The van der Waals surface area contributed by atoms with Gasteiger partial charge in [0, 0.05) is 21.4 Å². The summed E-state index contributed by atoms with van der Waals surface area (Å²) in [4.78, 5) is 12.8. The zero-order chi connectivity index (χ0) is 13.5. The molecule has 5 heteroatoms. The molecular weight excluding hydrogens is 266 g/mol. The fraction of sp³-hybridized carbons (Fsp3) is 0.615. The summed E-state index contributed by atoms with van der Waals surface area (Å²) < 4.78 is 11.6. The van der Waals surface area contributed by atoms with Crippen molar-refractivity contribution in [1.82, 2.24) is 5.32 Å². The molecular formula is C13H21NO2S2. The van der Waals surface area contributed by atoms with Gasteiger partial charge in [0.05, 0.1) is 6.54 Å². The van der Waals surface area contributed by atoms with Crippen molar-refractivity contribution in [2.45, 2.75) is 33.7 Å². The van der Waals surface area contributed by atoms with Gasteiger partial charge in [-0.1, -0.05) is 13.8 Å². The molecule has 18 heavy (non-hydrogen) atoms. The number of carbonyl (C=O) groups is 1. The molecule has 0 fully saturated rings. The lowest BCUT2D eigenvalue weighted by atomic mass is 10.2. The maximum Gasteiger partial charge on any atom is 0.232 e. The van der Waals surface area contributed by atoms with E-state index in [0.717, 1.165) is 11.3 Å². The monoisotopic (exact) mass is 287 g/mol. The first-order chi connectivity index (χ1) is 8.49. The van der Waals surface area contributed by atoms with E-state index in [1.54, 1.807) is 11.3 Å². The third-order valence-corrected chi connectivity index (χ3v) is 4.93. The Bertz CT molecular complexity index is 413. The van der Waals surface area contributed by atoms with Crippen LogP contribution in [0.3, 0.4) is 0 Å². The molecule has 0 saturated carbocycles. The zero-order valence-corrected chi connectivity index (χ0v) is 12.8. The van der Waals surface area contributed by atoms with E-state index in [-0.39, 0.29) is 11.7 Å². The number of rotatable bonds is 7. The second-order valence-electron chi connectivity index (χ2n) is 4.77. The molecule has 1 aromatic heterocycles. The van der Waals surface area contributed by atoms with Crippen LogP contribution in [0, 0.1) is 12.8 Å². The number of thiophene rings is 1. The second kappa shape index (κ2) is 7.69. The molecule has 102 valence electrons. The van der Waals surface area contributed by atoms with Crippen LogP contribution < -0.4 is 5.32 Å². The topological polar surface area (TPSA) is 46.2 Å². The van der Waals surface area contributed by atoms with E-state index in [4.69, 9.17) is 0 Å². The molecule has 1 atom stereocenters. The highest BCUT2D eigenvalue weighted by Crippen LogP contribution is 2.14. The Labute approximate surface area is 115 Å². The lowest BCUT2D eigenvalue weighted by molar-refractivity contribution is -0.118. The number of aryl methyl sites for hydroxylation is 1. The molecule has 0 saturated heterocycles. The molecule has 0 spiro atoms. The SMILES string of the molecule is Cc1ccsc1CNC(=O)C[S@@](=O)CCC(C)C. The second-order valence-corrected chi connectivity index (χ2v) is 7.35. The van der Waals surface area contributed by atoms with Gasteiger partial charge in [-0.2, -0.15) is 0 Å². The summed E-state index contributed by atoms with van der Waals surface area (Å²) in [6.07, 6.45) is 0.907. The van der Waals surface area contributed by atoms with Crippen LogP contribution in [0.25, 0.3) is 0 Å². The number of amides is 1. The molecule has 1 aromatic rings. The summed E-state index contributed by atoms with van der Waals surface area (Å²) in [5.41, 5.74) is 1.20. The first-order valence-corrected chi connectivity index (χ1v) is 8.50. The lowest BCUT2D eigenvalue weighted by Gasteiger charge is -2.06. The molecule has 0 aliphatic heterocycles. The number of nitrogens with one attached hydrogen (secondary N) is 1. The summed E-state index contributed by atoms with van der Waals surface area (Å²) in [7, 11) is -1.03. The Balaban J connectivity index is 2.25. The maximum absolute atomic E-state index is 11.6. The van der Waals surface area contributed by atoms with Crippen LogP contribution in [-0.2, 0) is 22.1 Å². The molecule has 0 unspecified atom stereocenters. The minimum Gasteiger partial charge on any atom is -0.350 e. The quantitative estimate of drug-likeness (QED) is 0.837. The minimum absolute atomic E-state index is 0.120. The normalized spacial score (nSPS) is 12.7. The average molecular weight is 287 g/mol. The van der Waals surface area contributed by atoms with Crippen molar-refractivity contribution in [1.29, 1.82) is 0 Å². The Morgan fingerprint density at radius 3 is 2.78 bits per heavy atom. The summed E-state index contributed by atoms with van der Waals surface area (Å²) in [5, 5.41) is 4.83. The highest BCUT2D eigenvalue weighted by Gasteiger charge is 2.09. The van der Waals surface area contributed by atoms with E-state index in [2.05, 4.69) is 19.2 Å². The molecule has 1 amide bonds. The van der Waals surface area contributed by atoms with E-state index in [1.165, 1.54) is 5.56 Å². The van der Waals surface area contributed by atoms with Crippen molar-refractivity contribution in [3.63, 3.8) is 0 Å². The summed E-state index contributed by atoms with van der Waals surface area (Å²) in [6, 6.07) is 2.03. The fourth-order valence-electron chi connectivity index (χ4n) is 1.40. The molecule has 0 aliphatic carbocycles. The molecule has 1 rings (SSSR count). The predicted molar refractivity (Wildman–Crippen MR) is 78.2 cm³/mol. The third kappa shape index (κ3) is 5.78. The van der Waals surface area contributed by atoms with Crippen LogP contribution in [0.2, 0.25) is 0 Å².